The van der Waals surface area contributed by atoms with Crippen LogP contribution in [-0.4, -0.2) is 49.6 Å². The van der Waals surface area contributed by atoms with Crippen LogP contribution >= 0.6 is 0 Å². The number of nitrogens with zero attached hydrogens (tertiary/aromatic N) is 2. The van der Waals surface area contributed by atoms with Crippen LogP contribution in [0.4, 0.5) is 0 Å². The predicted octanol–water partition coefficient (Wildman–Crippen LogP) is 1.08. The van der Waals surface area contributed by atoms with Crippen LogP contribution in [0.1, 0.15) is 26.3 Å². The summed E-state index contributed by atoms with van der Waals surface area (Å²) in [4.78, 5) is 12.3. The van der Waals surface area contributed by atoms with E-state index in [2.05, 4.69) is 19.2 Å². The summed E-state index contributed by atoms with van der Waals surface area (Å²) in [6.07, 6.45) is 4.41. The molecule has 0 aliphatic carbocycles. The van der Waals surface area contributed by atoms with Crippen molar-refractivity contribution in [2.24, 2.45) is 5.92 Å². The fourth-order valence-electron chi connectivity index (χ4n) is 1.97. The second-order valence-corrected chi connectivity index (χ2v) is 7.97. The maximum atomic E-state index is 12.3. The van der Waals surface area contributed by atoms with Crippen molar-refractivity contribution >= 4 is 15.9 Å². The van der Waals surface area contributed by atoms with Crippen LogP contribution in [0, 0.1) is 5.92 Å². The second-order valence-electron chi connectivity index (χ2n) is 5.67. The Bertz CT molecular complexity index is 536. The first-order valence-electron chi connectivity index (χ1n) is 7.04. The maximum Gasteiger partial charge on any atom is 0.243 e. The van der Waals surface area contributed by atoms with Crippen molar-refractivity contribution in [2.45, 2.75) is 26.3 Å². The van der Waals surface area contributed by atoms with Gasteiger partial charge < -0.3 is 9.88 Å². The van der Waals surface area contributed by atoms with Crippen molar-refractivity contribution in [1.29, 1.82) is 0 Å². The summed E-state index contributed by atoms with van der Waals surface area (Å²) in [5.41, 5.74) is 0. The second kappa shape index (κ2) is 7.61. The summed E-state index contributed by atoms with van der Waals surface area (Å²) in [7, 11) is -0.315. The number of aromatic nitrogens is 1. The zero-order valence-electron chi connectivity index (χ0n) is 13.1. The molecule has 0 saturated carbocycles. The van der Waals surface area contributed by atoms with Gasteiger partial charge in [-0.3, -0.25) is 4.79 Å². The van der Waals surface area contributed by atoms with E-state index in [0.29, 0.717) is 12.3 Å². The molecule has 1 heterocycles. The van der Waals surface area contributed by atoms with Crippen molar-refractivity contribution in [3.63, 3.8) is 0 Å². The highest BCUT2D eigenvalue weighted by Crippen LogP contribution is 2.18. The lowest BCUT2D eigenvalue weighted by Crippen LogP contribution is -2.37. The monoisotopic (exact) mass is 315 g/mol. The van der Waals surface area contributed by atoms with Gasteiger partial charge in [-0.1, -0.05) is 13.8 Å². The molecule has 0 aromatic carbocycles. The molecule has 1 atom stereocenters. The zero-order valence-corrected chi connectivity index (χ0v) is 13.9. The van der Waals surface area contributed by atoms with E-state index < -0.39 is 10.0 Å². The van der Waals surface area contributed by atoms with Crippen molar-refractivity contribution in [3.05, 3.63) is 24.5 Å². The normalized spacial score (nSPS) is 13.6. The van der Waals surface area contributed by atoms with Crippen molar-refractivity contribution in [2.75, 3.05) is 26.4 Å². The van der Waals surface area contributed by atoms with Gasteiger partial charge in [0.1, 0.15) is 6.04 Å². The van der Waals surface area contributed by atoms with Crippen molar-refractivity contribution in [1.82, 2.24) is 14.2 Å². The molecule has 1 rings (SSSR count). The van der Waals surface area contributed by atoms with Crippen LogP contribution in [0.5, 0.6) is 0 Å². The smallest absolute Gasteiger partial charge is 0.243 e. The summed E-state index contributed by atoms with van der Waals surface area (Å²) >= 11 is 0. The quantitative estimate of drug-likeness (QED) is 0.780. The Morgan fingerprint density at radius 1 is 1.24 bits per heavy atom. The molecule has 21 heavy (non-hydrogen) atoms. The molecular weight excluding hydrogens is 290 g/mol. The van der Waals surface area contributed by atoms with Gasteiger partial charge >= 0.3 is 0 Å². The molecule has 7 heteroatoms. The van der Waals surface area contributed by atoms with Crippen molar-refractivity contribution < 1.29 is 13.2 Å². The van der Waals surface area contributed by atoms with E-state index in [4.69, 9.17) is 0 Å². The molecule has 120 valence electrons. The van der Waals surface area contributed by atoms with Crippen LogP contribution in [0.25, 0.3) is 0 Å². The lowest BCUT2D eigenvalue weighted by Gasteiger charge is -2.20. The third kappa shape index (κ3) is 5.51. The number of carbonyl (C=O) groups excluding carboxylic acids is 1. The summed E-state index contributed by atoms with van der Waals surface area (Å²) in [6, 6.07) is 3.44. The predicted molar refractivity (Wildman–Crippen MR) is 83.4 cm³/mol. The highest BCUT2D eigenvalue weighted by Gasteiger charge is 2.21. The van der Waals surface area contributed by atoms with Crippen LogP contribution in [0.2, 0.25) is 0 Å². The third-order valence-electron chi connectivity index (χ3n) is 3.20. The van der Waals surface area contributed by atoms with Crippen LogP contribution in [0.15, 0.2) is 24.5 Å². The van der Waals surface area contributed by atoms with Gasteiger partial charge in [-0.05, 0) is 24.5 Å². The Kier molecular flexibility index (Phi) is 6.42. The molecule has 0 bridgehead atoms. The van der Waals surface area contributed by atoms with Gasteiger partial charge in [0.25, 0.3) is 0 Å². The molecule has 1 aromatic rings. The third-order valence-corrected chi connectivity index (χ3v) is 5.03. The number of rotatable bonds is 8. The van der Waals surface area contributed by atoms with Gasteiger partial charge in [-0.25, -0.2) is 12.7 Å². The molecule has 1 amide bonds. The lowest BCUT2D eigenvalue weighted by molar-refractivity contribution is -0.124. The van der Waals surface area contributed by atoms with E-state index >= 15 is 0 Å². The molecule has 0 fully saturated rings. The first-order valence-corrected chi connectivity index (χ1v) is 8.65. The van der Waals surface area contributed by atoms with Gasteiger partial charge in [0, 0.05) is 33.0 Å². The Morgan fingerprint density at radius 2 is 1.81 bits per heavy atom. The number of nitrogens with one attached hydrogen (secondary N) is 1. The van der Waals surface area contributed by atoms with E-state index in [-0.39, 0.29) is 24.2 Å². The van der Waals surface area contributed by atoms with Crippen molar-refractivity contribution in [3.8, 4) is 0 Å². The highest BCUT2D eigenvalue weighted by atomic mass is 32.2. The molecular formula is C14H25N3O3S. The number of hydrogen-bond acceptors (Lipinski definition) is 3. The van der Waals surface area contributed by atoms with Gasteiger partial charge in [-0.15, -0.1) is 0 Å². The highest BCUT2D eigenvalue weighted by molar-refractivity contribution is 7.89. The topological polar surface area (TPSA) is 71.4 Å². The van der Waals surface area contributed by atoms with E-state index in [0.717, 1.165) is 4.31 Å². The first kappa shape index (κ1) is 17.7. The largest absolute Gasteiger partial charge is 0.353 e. The fraction of sp³-hybridized carbons (Fsp3) is 0.643. The average Bonchev–Trinajstić information content (AvgIpc) is 2.88. The molecule has 0 spiro atoms. The Balaban J connectivity index is 2.62. The number of carbonyl (C=O) groups is 1. The molecule has 0 saturated heterocycles. The SMILES string of the molecule is CC(C)CC(C(=O)NCCS(=O)(=O)N(C)C)n1cccc1. The average molecular weight is 315 g/mol. The minimum absolute atomic E-state index is 0.0915. The Morgan fingerprint density at radius 3 is 2.29 bits per heavy atom. The molecule has 6 nitrogen and oxygen atoms in total. The van der Waals surface area contributed by atoms with E-state index in [1.54, 1.807) is 0 Å². The molecule has 1 unspecified atom stereocenters. The molecule has 0 radical (unpaired) electrons. The fourth-order valence-corrected chi connectivity index (χ4v) is 2.70. The van der Waals surface area contributed by atoms with E-state index in [1.165, 1.54) is 14.1 Å². The van der Waals surface area contributed by atoms with Crippen LogP contribution < -0.4 is 5.32 Å². The number of sulfonamides is 1. The van der Waals surface area contributed by atoms with E-state index in [1.807, 2.05) is 29.1 Å². The Labute approximate surface area is 127 Å². The van der Waals surface area contributed by atoms with Gasteiger partial charge in [-0.2, -0.15) is 0 Å². The summed E-state index contributed by atoms with van der Waals surface area (Å²) in [5, 5.41) is 2.72. The standard InChI is InChI=1S/C14H25N3O3S/c1-12(2)11-13(17-8-5-6-9-17)14(18)15-7-10-21(19,20)16(3)4/h5-6,8-9,12-13H,7,10-11H2,1-4H3,(H,15,18). The van der Waals surface area contributed by atoms with Crippen LogP contribution in [0.3, 0.4) is 0 Å². The minimum Gasteiger partial charge on any atom is -0.353 e. The summed E-state index contributed by atoms with van der Waals surface area (Å²) < 4.78 is 26.3. The molecule has 0 aliphatic rings. The first-order chi connectivity index (χ1) is 9.74. The lowest BCUT2D eigenvalue weighted by atomic mass is 10.0. The summed E-state index contributed by atoms with van der Waals surface area (Å²) in [6.45, 7) is 4.23. The zero-order chi connectivity index (χ0) is 16.0. The minimum atomic E-state index is -3.28. The van der Waals surface area contributed by atoms with E-state index in [9.17, 15) is 13.2 Å². The molecule has 1 aromatic heterocycles. The number of hydrogen-bond donors (Lipinski definition) is 1. The van der Waals surface area contributed by atoms with Crippen LogP contribution in [-0.2, 0) is 14.8 Å². The van der Waals surface area contributed by atoms with Gasteiger partial charge in [0.05, 0.1) is 5.75 Å². The molecule has 0 aliphatic heterocycles. The molecule has 1 N–H and O–H groups in total. The Hall–Kier alpha value is -1.34. The van der Waals surface area contributed by atoms with Gasteiger partial charge in [0.15, 0.2) is 0 Å². The number of amides is 1. The maximum absolute atomic E-state index is 12.3. The van der Waals surface area contributed by atoms with Gasteiger partial charge in [0.2, 0.25) is 15.9 Å². The summed E-state index contributed by atoms with van der Waals surface area (Å²) in [5.74, 6) is 0.133.